The van der Waals surface area contributed by atoms with Crippen LogP contribution < -0.4 is 14.4 Å². The van der Waals surface area contributed by atoms with Gasteiger partial charge in [0, 0.05) is 26.1 Å². The van der Waals surface area contributed by atoms with Crippen LogP contribution in [0, 0.1) is 5.82 Å². The Bertz CT molecular complexity index is 1080. The summed E-state index contributed by atoms with van der Waals surface area (Å²) in [6, 6.07) is 11.7. The Morgan fingerprint density at radius 2 is 1.69 bits per heavy atom. The maximum atomic E-state index is 13.3. The van der Waals surface area contributed by atoms with Gasteiger partial charge in [0.25, 0.3) is 0 Å². The van der Waals surface area contributed by atoms with Crippen molar-refractivity contribution in [1.29, 1.82) is 0 Å². The number of amides is 2. The SMILES string of the molecule is CCNC(=O)C(CC)N(Cc1ccc(OC)cc1)C(=O)CCCN(c1ccc(F)cc1)S(C)(=O)=O. The number of methoxy groups -OCH3 is 1. The fraction of sp³-hybridized carbons (Fsp3) is 0.440. The Kier molecular flexibility index (Phi) is 10.5. The third kappa shape index (κ3) is 8.24. The molecule has 0 saturated carbocycles. The molecule has 2 aromatic carbocycles. The van der Waals surface area contributed by atoms with E-state index in [-0.39, 0.29) is 37.7 Å². The Morgan fingerprint density at radius 3 is 2.20 bits per heavy atom. The molecular weight excluding hydrogens is 473 g/mol. The Labute approximate surface area is 207 Å². The summed E-state index contributed by atoms with van der Waals surface area (Å²) in [5, 5.41) is 2.79. The number of likely N-dealkylation sites (N-methyl/N-ethyl adjacent to an activating group) is 1. The first-order chi connectivity index (χ1) is 16.6. The van der Waals surface area contributed by atoms with Gasteiger partial charge in [0.2, 0.25) is 21.8 Å². The third-order valence-electron chi connectivity index (χ3n) is 5.52. The van der Waals surface area contributed by atoms with Crippen LogP contribution in [0.25, 0.3) is 0 Å². The number of anilines is 1. The van der Waals surface area contributed by atoms with Gasteiger partial charge in [-0.2, -0.15) is 0 Å². The molecule has 192 valence electrons. The van der Waals surface area contributed by atoms with Gasteiger partial charge >= 0.3 is 0 Å². The number of benzene rings is 2. The van der Waals surface area contributed by atoms with E-state index in [0.717, 1.165) is 16.1 Å². The minimum Gasteiger partial charge on any atom is -0.497 e. The number of nitrogens with one attached hydrogen (secondary N) is 1. The van der Waals surface area contributed by atoms with Gasteiger partial charge in [0.05, 0.1) is 19.1 Å². The number of rotatable bonds is 13. The van der Waals surface area contributed by atoms with Crippen molar-refractivity contribution in [2.75, 3.05) is 30.8 Å². The van der Waals surface area contributed by atoms with E-state index in [1.165, 1.54) is 29.2 Å². The summed E-state index contributed by atoms with van der Waals surface area (Å²) >= 11 is 0. The van der Waals surface area contributed by atoms with E-state index in [0.29, 0.717) is 24.4 Å². The number of carbonyl (C=O) groups is 2. The molecule has 0 aliphatic carbocycles. The molecule has 0 heterocycles. The predicted octanol–water partition coefficient (Wildman–Crippen LogP) is 3.32. The van der Waals surface area contributed by atoms with E-state index in [1.807, 2.05) is 26.0 Å². The highest BCUT2D eigenvalue weighted by Gasteiger charge is 2.28. The van der Waals surface area contributed by atoms with Gasteiger partial charge in [-0.05, 0) is 61.7 Å². The zero-order valence-corrected chi connectivity index (χ0v) is 21.5. The average molecular weight is 508 g/mol. The van der Waals surface area contributed by atoms with Crippen molar-refractivity contribution >= 4 is 27.5 Å². The fourth-order valence-electron chi connectivity index (χ4n) is 3.75. The molecule has 1 N–H and O–H groups in total. The van der Waals surface area contributed by atoms with E-state index in [4.69, 9.17) is 4.74 Å². The molecule has 0 aliphatic heterocycles. The summed E-state index contributed by atoms with van der Waals surface area (Å²) < 4.78 is 44.2. The topological polar surface area (TPSA) is 96.0 Å². The van der Waals surface area contributed by atoms with E-state index in [9.17, 15) is 22.4 Å². The zero-order chi connectivity index (χ0) is 26.0. The van der Waals surface area contributed by atoms with Gasteiger partial charge in [0.1, 0.15) is 17.6 Å². The molecular formula is C25H34FN3O5S. The summed E-state index contributed by atoms with van der Waals surface area (Å²) in [5.41, 5.74) is 1.16. The van der Waals surface area contributed by atoms with Crippen LogP contribution in [-0.4, -0.2) is 57.6 Å². The second kappa shape index (κ2) is 13.1. The summed E-state index contributed by atoms with van der Waals surface area (Å²) in [6.07, 6.45) is 1.77. The van der Waals surface area contributed by atoms with Gasteiger partial charge < -0.3 is 15.0 Å². The van der Waals surface area contributed by atoms with E-state index >= 15 is 0 Å². The van der Waals surface area contributed by atoms with Crippen LogP contribution in [0.4, 0.5) is 10.1 Å². The van der Waals surface area contributed by atoms with E-state index in [1.54, 1.807) is 19.2 Å². The van der Waals surface area contributed by atoms with Gasteiger partial charge in [-0.1, -0.05) is 19.1 Å². The van der Waals surface area contributed by atoms with Gasteiger partial charge in [-0.3, -0.25) is 13.9 Å². The van der Waals surface area contributed by atoms with Crippen molar-refractivity contribution in [2.45, 2.75) is 45.7 Å². The van der Waals surface area contributed by atoms with Crippen LogP contribution in [0.3, 0.4) is 0 Å². The summed E-state index contributed by atoms with van der Waals surface area (Å²) in [4.78, 5) is 27.5. The molecule has 1 unspecified atom stereocenters. The van der Waals surface area contributed by atoms with Gasteiger partial charge in [-0.15, -0.1) is 0 Å². The molecule has 0 aliphatic rings. The second-order valence-electron chi connectivity index (χ2n) is 8.10. The smallest absolute Gasteiger partial charge is 0.242 e. The molecule has 0 saturated heterocycles. The molecule has 0 bridgehead atoms. The number of halogens is 1. The van der Waals surface area contributed by atoms with Gasteiger partial charge in [-0.25, -0.2) is 12.8 Å². The highest BCUT2D eigenvalue weighted by molar-refractivity contribution is 7.92. The van der Waals surface area contributed by atoms with Crippen LogP contribution in [0.5, 0.6) is 5.75 Å². The minimum atomic E-state index is -3.64. The van der Waals surface area contributed by atoms with Crippen molar-refractivity contribution < 1.29 is 27.1 Å². The van der Waals surface area contributed by atoms with Crippen LogP contribution in [0.2, 0.25) is 0 Å². The molecule has 35 heavy (non-hydrogen) atoms. The molecule has 2 rings (SSSR count). The van der Waals surface area contributed by atoms with Crippen molar-refractivity contribution in [1.82, 2.24) is 10.2 Å². The van der Waals surface area contributed by atoms with Crippen molar-refractivity contribution in [3.63, 3.8) is 0 Å². The van der Waals surface area contributed by atoms with Crippen LogP contribution in [0.15, 0.2) is 48.5 Å². The Morgan fingerprint density at radius 1 is 1.06 bits per heavy atom. The molecule has 0 spiro atoms. The molecule has 1 atom stereocenters. The number of ether oxygens (including phenoxy) is 1. The molecule has 2 amide bonds. The Hall–Kier alpha value is -3.14. The first-order valence-corrected chi connectivity index (χ1v) is 13.4. The fourth-order valence-corrected chi connectivity index (χ4v) is 4.72. The van der Waals surface area contributed by atoms with Crippen LogP contribution in [0.1, 0.15) is 38.7 Å². The molecule has 10 heteroatoms. The van der Waals surface area contributed by atoms with E-state index < -0.39 is 21.9 Å². The van der Waals surface area contributed by atoms with Crippen molar-refractivity contribution in [3.8, 4) is 5.75 Å². The van der Waals surface area contributed by atoms with Crippen LogP contribution >= 0.6 is 0 Å². The lowest BCUT2D eigenvalue weighted by atomic mass is 10.1. The first-order valence-electron chi connectivity index (χ1n) is 11.5. The second-order valence-corrected chi connectivity index (χ2v) is 10.0. The number of nitrogens with zero attached hydrogens (tertiary/aromatic N) is 2. The largest absolute Gasteiger partial charge is 0.497 e. The van der Waals surface area contributed by atoms with Crippen LogP contribution in [-0.2, 0) is 26.2 Å². The maximum absolute atomic E-state index is 13.3. The third-order valence-corrected chi connectivity index (χ3v) is 6.71. The lowest BCUT2D eigenvalue weighted by Crippen LogP contribution is -2.49. The molecule has 8 nitrogen and oxygen atoms in total. The highest BCUT2D eigenvalue weighted by Crippen LogP contribution is 2.20. The predicted molar refractivity (Wildman–Crippen MR) is 134 cm³/mol. The number of sulfonamides is 1. The number of hydrogen-bond acceptors (Lipinski definition) is 5. The quantitative estimate of drug-likeness (QED) is 0.449. The molecule has 0 fully saturated rings. The monoisotopic (exact) mass is 507 g/mol. The molecule has 0 aromatic heterocycles. The highest BCUT2D eigenvalue weighted by atomic mass is 32.2. The molecule has 2 aromatic rings. The summed E-state index contributed by atoms with van der Waals surface area (Å²) in [7, 11) is -2.07. The Balaban J connectivity index is 2.19. The maximum Gasteiger partial charge on any atom is 0.242 e. The molecule has 0 radical (unpaired) electrons. The lowest BCUT2D eigenvalue weighted by Gasteiger charge is -2.31. The minimum absolute atomic E-state index is 0.0409. The normalized spacial score (nSPS) is 12.0. The summed E-state index contributed by atoms with van der Waals surface area (Å²) in [5.74, 6) is -0.279. The van der Waals surface area contributed by atoms with E-state index in [2.05, 4.69) is 5.32 Å². The summed E-state index contributed by atoms with van der Waals surface area (Å²) in [6.45, 7) is 4.38. The zero-order valence-electron chi connectivity index (χ0n) is 20.7. The van der Waals surface area contributed by atoms with Crippen molar-refractivity contribution in [3.05, 3.63) is 59.9 Å². The van der Waals surface area contributed by atoms with Gasteiger partial charge in [0.15, 0.2) is 0 Å². The van der Waals surface area contributed by atoms with Crippen molar-refractivity contribution in [2.24, 2.45) is 0 Å². The standard InChI is InChI=1S/C25H34FN3O5S/c1-5-23(25(31)27-6-2)28(18-19-9-15-22(34-3)16-10-19)24(30)8-7-17-29(35(4,32)33)21-13-11-20(26)12-14-21/h9-16,23H,5-8,17-18H2,1-4H3,(H,27,31). The average Bonchev–Trinajstić information content (AvgIpc) is 2.82. The first kappa shape index (κ1) is 28.1. The number of hydrogen-bond donors (Lipinski definition) is 1. The number of carbonyl (C=O) groups excluding carboxylic acids is 2. The lowest BCUT2D eigenvalue weighted by molar-refractivity contribution is -0.141.